The first-order valence-corrected chi connectivity index (χ1v) is 14.0. The second kappa shape index (κ2) is 9.00. The van der Waals surface area contributed by atoms with E-state index in [4.69, 9.17) is 14.2 Å². The molecule has 7 nitrogen and oxygen atoms in total. The van der Waals surface area contributed by atoms with Crippen molar-refractivity contribution in [3.8, 4) is 11.5 Å². The van der Waals surface area contributed by atoms with Crippen molar-refractivity contribution in [1.82, 2.24) is 0 Å². The first-order valence-electron chi connectivity index (χ1n) is 10.2. The van der Waals surface area contributed by atoms with Gasteiger partial charge in [0, 0.05) is 21.8 Å². The number of carbonyl (C=O) groups is 1. The molecule has 0 bridgehead atoms. The third-order valence-electron chi connectivity index (χ3n) is 5.54. The van der Waals surface area contributed by atoms with Gasteiger partial charge >= 0.3 is 0 Å². The number of ether oxygens (including phenoxy) is 3. The Hall–Kier alpha value is -2.39. The maximum Gasteiger partial charge on any atom is 0.261 e. The van der Waals surface area contributed by atoms with E-state index >= 15 is 0 Å². The fourth-order valence-corrected chi connectivity index (χ4v) is 4.55. The molecule has 0 unspecified atom stereocenters. The lowest BCUT2D eigenvalue weighted by atomic mass is 9.77. The van der Waals surface area contributed by atoms with Crippen molar-refractivity contribution in [2.24, 2.45) is 0 Å². The molecule has 2 aromatic rings. The highest BCUT2D eigenvalue weighted by molar-refractivity contribution is 6.76. The number of phenols is 1. The van der Waals surface area contributed by atoms with Crippen LogP contribution in [0.2, 0.25) is 25.7 Å². The molecule has 0 saturated carbocycles. The summed E-state index contributed by atoms with van der Waals surface area (Å²) in [6.07, 6.45) is -1.26. The second-order valence-corrected chi connectivity index (χ2v) is 14.5. The summed E-state index contributed by atoms with van der Waals surface area (Å²) in [6, 6.07) is 12.5. The lowest BCUT2D eigenvalue weighted by Crippen LogP contribution is -2.57. The summed E-state index contributed by atoms with van der Waals surface area (Å²) >= 11 is 0. The van der Waals surface area contributed by atoms with Crippen LogP contribution in [-0.4, -0.2) is 57.9 Å². The molecule has 1 amide bonds. The van der Waals surface area contributed by atoms with Gasteiger partial charge in [0.2, 0.25) is 0 Å². The lowest BCUT2D eigenvalue weighted by Gasteiger charge is -2.44. The lowest BCUT2D eigenvalue weighted by molar-refractivity contribution is -0.147. The quantitative estimate of drug-likeness (QED) is 0.479. The van der Waals surface area contributed by atoms with E-state index in [2.05, 4.69) is 19.6 Å². The topological polar surface area (TPSA) is 88.5 Å². The Morgan fingerprint density at radius 1 is 1.10 bits per heavy atom. The number of fused-ring (bicyclic) bond motifs is 1. The van der Waals surface area contributed by atoms with Crippen LogP contribution in [0.5, 0.6) is 11.5 Å². The van der Waals surface area contributed by atoms with E-state index in [1.807, 2.05) is 0 Å². The number of aliphatic hydroxyl groups is 1. The largest absolute Gasteiger partial charge is 0.507 e. The number of benzene rings is 2. The molecule has 31 heavy (non-hydrogen) atoms. The van der Waals surface area contributed by atoms with Crippen molar-refractivity contribution in [1.29, 1.82) is 0 Å². The molecule has 0 fully saturated rings. The third kappa shape index (κ3) is 4.47. The molecule has 2 atom stereocenters. The summed E-state index contributed by atoms with van der Waals surface area (Å²) < 4.78 is 16.5. The van der Waals surface area contributed by atoms with Crippen LogP contribution < -0.4 is 9.64 Å². The van der Waals surface area contributed by atoms with Gasteiger partial charge in [0.25, 0.3) is 5.91 Å². The van der Waals surface area contributed by atoms with Gasteiger partial charge in [-0.3, -0.25) is 9.69 Å². The van der Waals surface area contributed by atoms with Crippen LogP contribution in [0.3, 0.4) is 0 Å². The average Bonchev–Trinajstić information content (AvgIpc) is 2.72. The summed E-state index contributed by atoms with van der Waals surface area (Å²) in [5.74, 6) is 0.0442. The van der Waals surface area contributed by atoms with Crippen molar-refractivity contribution in [3.05, 3.63) is 53.6 Å². The van der Waals surface area contributed by atoms with Crippen LogP contribution in [0.15, 0.2) is 42.5 Å². The molecule has 1 aliphatic heterocycles. The highest BCUT2D eigenvalue weighted by Gasteiger charge is 2.54. The van der Waals surface area contributed by atoms with E-state index in [9.17, 15) is 15.0 Å². The number of amides is 1. The van der Waals surface area contributed by atoms with E-state index in [0.717, 1.165) is 6.04 Å². The van der Waals surface area contributed by atoms with E-state index < -0.39 is 25.7 Å². The number of carbonyl (C=O) groups excluding carboxylic acids is 1. The molecule has 8 heteroatoms. The first kappa shape index (κ1) is 23.3. The fourth-order valence-electron chi connectivity index (χ4n) is 3.79. The van der Waals surface area contributed by atoms with Crippen molar-refractivity contribution in [2.75, 3.05) is 32.5 Å². The molecule has 1 heterocycles. The number of rotatable bonds is 8. The molecular formula is C23H31NO6Si. The Labute approximate surface area is 184 Å². The van der Waals surface area contributed by atoms with Gasteiger partial charge in [-0.1, -0.05) is 37.8 Å². The number of anilines is 1. The Bertz CT molecular complexity index is 927. The van der Waals surface area contributed by atoms with Gasteiger partial charge < -0.3 is 24.4 Å². The number of hydrogen-bond donors (Lipinski definition) is 2. The molecule has 3 rings (SSSR count). The van der Waals surface area contributed by atoms with Gasteiger partial charge in [-0.05, 0) is 35.9 Å². The molecular weight excluding hydrogens is 414 g/mol. The van der Waals surface area contributed by atoms with Crippen molar-refractivity contribution in [3.63, 3.8) is 0 Å². The zero-order valence-corrected chi connectivity index (χ0v) is 19.7. The number of phenolic OH excluding ortho intramolecular Hbond substituents is 1. The standard InChI is InChI=1S/C23H31NO6Si/c1-28-17-11-9-16(10-12-17)23(27)20-18(7-6-8-19(20)25)24(22(26)21(23)29-2)15-30-13-14-31(3,4)5/h6-12,21,25,27H,13-15H2,1-5H3/t21-,23+/m0/s1. The van der Waals surface area contributed by atoms with Gasteiger partial charge in [0.1, 0.15) is 18.2 Å². The Morgan fingerprint density at radius 2 is 1.77 bits per heavy atom. The average molecular weight is 446 g/mol. The number of methoxy groups -OCH3 is 2. The highest BCUT2D eigenvalue weighted by atomic mass is 28.3. The monoisotopic (exact) mass is 445 g/mol. The minimum Gasteiger partial charge on any atom is -0.507 e. The van der Waals surface area contributed by atoms with Crippen LogP contribution in [-0.2, 0) is 19.9 Å². The SMILES string of the molecule is COc1ccc([C@@]2(O)c3c(O)cccc3N(COCC[Si](C)(C)C)C(=O)[C@@H]2OC)cc1. The number of nitrogens with zero attached hydrogens (tertiary/aromatic N) is 1. The fraction of sp³-hybridized carbons (Fsp3) is 0.435. The first-order chi connectivity index (χ1) is 14.6. The zero-order valence-electron chi connectivity index (χ0n) is 18.7. The minimum absolute atomic E-state index is 0.0122. The van der Waals surface area contributed by atoms with Gasteiger partial charge in [-0.25, -0.2) is 0 Å². The normalized spacial score (nSPS) is 21.2. The maximum absolute atomic E-state index is 13.4. The van der Waals surface area contributed by atoms with E-state index in [1.54, 1.807) is 43.5 Å². The predicted octanol–water partition coefficient (Wildman–Crippen LogP) is 3.31. The molecule has 0 spiro atoms. The maximum atomic E-state index is 13.4. The van der Waals surface area contributed by atoms with Crippen LogP contribution in [0.4, 0.5) is 5.69 Å². The van der Waals surface area contributed by atoms with Gasteiger partial charge in [0.05, 0.1) is 18.4 Å². The molecule has 0 saturated heterocycles. The molecule has 2 aromatic carbocycles. The Kier molecular flexibility index (Phi) is 6.75. The van der Waals surface area contributed by atoms with E-state index in [0.29, 0.717) is 23.6 Å². The predicted molar refractivity (Wildman–Crippen MR) is 121 cm³/mol. The minimum atomic E-state index is -1.88. The molecule has 0 aliphatic carbocycles. The van der Waals surface area contributed by atoms with E-state index in [1.165, 1.54) is 18.1 Å². The third-order valence-corrected chi connectivity index (χ3v) is 7.25. The Balaban J connectivity index is 2.04. The van der Waals surface area contributed by atoms with Gasteiger partial charge in [0.15, 0.2) is 11.7 Å². The summed E-state index contributed by atoms with van der Waals surface area (Å²) in [5, 5.41) is 22.6. The summed E-state index contributed by atoms with van der Waals surface area (Å²) in [6.45, 7) is 7.31. The molecule has 168 valence electrons. The van der Waals surface area contributed by atoms with Crippen molar-refractivity contribution in [2.45, 2.75) is 37.4 Å². The van der Waals surface area contributed by atoms with Gasteiger partial charge in [-0.2, -0.15) is 0 Å². The van der Waals surface area contributed by atoms with E-state index in [-0.39, 0.29) is 18.0 Å². The molecule has 0 radical (unpaired) electrons. The van der Waals surface area contributed by atoms with Crippen LogP contribution in [0, 0.1) is 0 Å². The number of hydrogen-bond acceptors (Lipinski definition) is 6. The summed E-state index contributed by atoms with van der Waals surface area (Å²) in [5.41, 5.74) is -0.867. The number of aromatic hydroxyl groups is 1. The Morgan fingerprint density at radius 3 is 2.35 bits per heavy atom. The highest BCUT2D eigenvalue weighted by Crippen LogP contribution is 2.48. The van der Waals surface area contributed by atoms with Crippen LogP contribution in [0.25, 0.3) is 0 Å². The van der Waals surface area contributed by atoms with Crippen LogP contribution in [0.1, 0.15) is 11.1 Å². The zero-order chi connectivity index (χ0) is 22.8. The van der Waals surface area contributed by atoms with Crippen molar-refractivity contribution < 1.29 is 29.2 Å². The second-order valence-electron chi connectivity index (χ2n) is 8.90. The smallest absolute Gasteiger partial charge is 0.261 e. The van der Waals surface area contributed by atoms with Crippen molar-refractivity contribution >= 4 is 19.7 Å². The molecule has 2 N–H and O–H groups in total. The summed E-state index contributed by atoms with van der Waals surface area (Å²) in [7, 11) is 1.64. The molecule has 0 aromatic heterocycles. The summed E-state index contributed by atoms with van der Waals surface area (Å²) in [4.78, 5) is 14.8. The molecule has 1 aliphatic rings. The van der Waals surface area contributed by atoms with Crippen LogP contribution >= 0.6 is 0 Å². The van der Waals surface area contributed by atoms with Gasteiger partial charge in [-0.15, -0.1) is 0 Å².